The van der Waals surface area contributed by atoms with Gasteiger partial charge in [-0.25, -0.2) is 0 Å². The van der Waals surface area contributed by atoms with Gasteiger partial charge in [0.2, 0.25) is 0 Å². The zero-order valence-corrected chi connectivity index (χ0v) is 20.5. The van der Waals surface area contributed by atoms with Crippen LogP contribution in [0.25, 0.3) is 0 Å². The standard InChI is InChI=1S/C22H19Cl4F3O5/c23-17-12-16(30-10-6-19(25)26)13-18(24)20(17)31-11-7-21(32-8-1-9-33-21)14-2-4-15(5-3-14)34-22(27,28)29/h2-6,12-13H,1,7-11H2. The number of hydrogen-bond acceptors (Lipinski definition) is 5. The Hall–Kier alpha value is -1.55. The van der Waals surface area contributed by atoms with Gasteiger partial charge in [0.15, 0.2) is 11.5 Å². The van der Waals surface area contributed by atoms with E-state index in [-0.39, 0.29) is 45.7 Å². The molecule has 1 aliphatic heterocycles. The van der Waals surface area contributed by atoms with Gasteiger partial charge < -0.3 is 23.7 Å². The Labute approximate surface area is 214 Å². The fourth-order valence-electron chi connectivity index (χ4n) is 3.19. The number of halogens is 7. The zero-order valence-electron chi connectivity index (χ0n) is 17.5. The number of rotatable bonds is 9. The Morgan fingerprint density at radius 1 is 0.971 bits per heavy atom. The maximum Gasteiger partial charge on any atom is 0.573 e. The molecule has 3 rings (SSSR count). The van der Waals surface area contributed by atoms with E-state index in [1.807, 2.05) is 0 Å². The van der Waals surface area contributed by atoms with Gasteiger partial charge in [-0.3, -0.25) is 0 Å². The molecule has 1 fully saturated rings. The van der Waals surface area contributed by atoms with Crippen LogP contribution >= 0.6 is 46.4 Å². The molecule has 0 unspecified atom stereocenters. The van der Waals surface area contributed by atoms with E-state index in [0.717, 1.165) is 0 Å². The zero-order chi connectivity index (χ0) is 24.8. The van der Waals surface area contributed by atoms with E-state index < -0.39 is 12.1 Å². The average molecular weight is 562 g/mol. The summed E-state index contributed by atoms with van der Waals surface area (Å²) >= 11 is 23.7. The molecule has 34 heavy (non-hydrogen) atoms. The summed E-state index contributed by atoms with van der Waals surface area (Å²) in [6.45, 7) is 1.04. The van der Waals surface area contributed by atoms with Crippen LogP contribution in [0.15, 0.2) is 47.0 Å². The molecule has 1 aliphatic rings. The van der Waals surface area contributed by atoms with Crippen molar-refractivity contribution in [1.82, 2.24) is 0 Å². The maximum atomic E-state index is 12.5. The van der Waals surface area contributed by atoms with Crippen molar-refractivity contribution in [3.8, 4) is 17.2 Å². The van der Waals surface area contributed by atoms with Gasteiger partial charge >= 0.3 is 6.36 Å². The van der Waals surface area contributed by atoms with Crippen molar-refractivity contribution >= 4 is 46.4 Å². The minimum atomic E-state index is -4.78. The third-order valence-electron chi connectivity index (χ3n) is 4.62. The molecule has 2 aromatic rings. The maximum absolute atomic E-state index is 12.5. The molecule has 0 N–H and O–H groups in total. The smallest absolute Gasteiger partial charge is 0.490 e. The second-order valence-electron chi connectivity index (χ2n) is 6.99. The Kier molecular flexibility index (Phi) is 9.49. The van der Waals surface area contributed by atoms with E-state index in [2.05, 4.69) is 4.74 Å². The van der Waals surface area contributed by atoms with E-state index in [9.17, 15) is 13.2 Å². The summed E-state index contributed by atoms with van der Waals surface area (Å²) in [6.07, 6.45) is -2.42. The van der Waals surface area contributed by atoms with Gasteiger partial charge in [-0.2, -0.15) is 0 Å². The summed E-state index contributed by atoms with van der Waals surface area (Å²) in [4.78, 5) is 0. The second kappa shape index (κ2) is 11.9. The Bertz CT molecular complexity index is 966. The molecule has 0 aliphatic carbocycles. The van der Waals surface area contributed by atoms with Crippen LogP contribution in [-0.4, -0.2) is 32.8 Å². The van der Waals surface area contributed by atoms with E-state index in [4.69, 9.17) is 65.4 Å². The Morgan fingerprint density at radius 3 is 2.15 bits per heavy atom. The van der Waals surface area contributed by atoms with Gasteiger partial charge in [0, 0.05) is 24.1 Å². The highest BCUT2D eigenvalue weighted by Crippen LogP contribution is 2.39. The Balaban J connectivity index is 1.68. The fraction of sp³-hybridized carbons (Fsp3) is 0.364. The molecule has 186 valence electrons. The highest BCUT2D eigenvalue weighted by Gasteiger charge is 2.37. The molecule has 0 spiro atoms. The molecule has 5 nitrogen and oxygen atoms in total. The van der Waals surface area contributed by atoms with Crippen LogP contribution in [0.4, 0.5) is 13.2 Å². The van der Waals surface area contributed by atoms with Crippen molar-refractivity contribution in [3.63, 3.8) is 0 Å². The van der Waals surface area contributed by atoms with Gasteiger partial charge in [-0.05, 0) is 36.8 Å². The number of ether oxygens (including phenoxy) is 5. The van der Waals surface area contributed by atoms with E-state index in [0.29, 0.717) is 30.9 Å². The average Bonchev–Trinajstić information content (AvgIpc) is 2.75. The van der Waals surface area contributed by atoms with Crippen LogP contribution < -0.4 is 14.2 Å². The van der Waals surface area contributed by atoms with Crippen LogP contribution in [0, 0.1) is 0 Å². The largest absolute Gasteiger partial charge is 0.573 e. The van der Waals surface area contributed by atoms with Gasteiger partial charge in [0.05, 0.1) is 29.9 Å². The van der Waals surface area contributed by atoms with Crippen molar-refractivity contribution in [1.29, 1.82) is 0 Å². The fourth-order valence-corrected chi connectivity index (χ4v) is 3.89. The molecule has 0 bridgehead atoms. The Morgan fingerprint density at radius 2 is 1.59 bits per heavy atom. The van der Waals surface area contributed by atoms with Crippen molar-refractivity contribution in [2.75, 3.05) is 26.4 Å². The van der Waals surface area contributed by atoms with Crippen LogP contribution in [0.5, 0.6) is 17.2 Å². The summed E-state index contributed by atoms with van der Waals surface area (Å²) < 4.78 is 64.4. The first-order chi connectivity index (χ1) is 16.1. The lowest BCUT2D eigenvalue weighted by Crippen LogP contribution is -2.39. The van der Waals surface area contributed by atoms with Crippen molar-refractivity contribution < 1.29 is 36.9 Å². The number of alkyl halides is 3. The SMILES string of the molecule is FC(F)(F)Oc1ccc(C2(CCOc3c(Cl)cc(OCC=C(Cl)Cl)cc3Cl)OCCCO2)cc1. The third-order valence-corrected chi connectivity index (χ3v) is 5.49. The summed E-state index contributed by atoms with van der Waals surface area (Å²) in [6, 6.07) is 8.38. The minimum absolute atomic E-state index is 0.0701. The molecule has 0 saturated carbocycles. The topological polar surface area (TPSA) is 46.2 Å². The first-order valence-electron chi connectivity index (χ1n) is 9.98. The van der Waals surface area contributed by atoms with Crippen molar-refractivity contribution in [2.45, 2.75) is 25.0 Å². The molecule has 12 heteroatoms. The van der Waals surface area contributed by atoms with Gasteiger partial charge in [-0.15, -0.1) is 13.2 Å². The van der Waals surface area contributed by atoms with Gasteiger partial charge in [0.1, 0.15) is 22.6 Å². The molecular weight excluding hydrogens is 543 g/mol. The molecule has 1 heterocycles. The van der Waals surface area contributed by atoms with Crippen LogP contribution in [0.2, 0.25) is 10.0 Å². The van der Waals surface area contributed by atoms with Crippen molar-refractivity contribution in [3.05, 3.63) is 62.6 Å². The summed E-state index contributed by atoms with van der Waals surface area (Å²) in [5, 5.41) is 0.438. The summed E-state index contributed by atoms with van der Waals surface area (Å²) in [5.74, 6) is -0.918. The second-order valence-corrected chi connectivity index (χ2v) is 8.82. The number of hydrogen-bond donors (Lipinski definition) is 0. The van der Waals surface area contributed by atoms with Crippen LogP contribution in [0.3, 0.4) is 0 Å². The van der Waals surface area contributed by atoms with E-state index in [1.54, 1.807) is 0 Å². The highest BCUT2D eigenvalue weighted by molar-refractivity contribution is 6.55. The van der Waals surface area contributed by atoms with Crippen LogP contribution in [0.1, 0.15) is 18.4 Å². The lowest BCUT2D eigenvalue weighted by Gasteiger charge is -2.37. The van der Waals surface area contributed by atoms with Gasteiger partial charge in [0.25, 0.3) is 0 Å². The number of benzene rings is 2. The minimum Gasteiger partial charge on any atom is -0.490 e. The third kappa shape index (κ3) is 7.73. The molecule has 0 amide bonds. The highest BCUT2D eigenvalue weighted by atomic mass is 35.5. The lowest BCUT2D eigenvalue weighted by atomic mass is 10.0. The van der Waals surface area contributed by atoms with E-state index in [1.165, 1.54) is 42.5 Å². The van der Waals surface area contributed by atoms with Crippen LogP contribution in [-0.2, 0) is 15.3 Å². The molecule has 0 atom stereocenters. The summed E-state index contributed by atoms with van der Waals surface area (Å²) in [7, 11) is 0. The monoisotopic (exact) mass is 560 g/mol. The first kappa shape index (κ1) is 27.0. The molecule has 1 saturated heterocycles. The van der Waals surface area contributed by atoms with E-state index >= 15 is 0 Å². The molecule has 0 aromatic heterocycles. The molecule has 2 aromatic carbocycles. The van der Waals surface area contributed by atoms with Crippen molar-refractivity contribution in [2.24, 2.45) is 0 Å². The lowest BCUT2D eigenvalue weighted by molar-refractivity contribution is -0.282. The predicted molar refractivity (Wildman–Crippen MR) is 123 cm³/mol. The molecule has 0 radical (unpaired) electrons. The van der Waals surface area contributed by atoms with Gasteiger partial charge in [-0.1, -0.05) is 46.4 Å². The summed E-state index contributed by atoms with van der Waals surface area (Å²) in [5.41, 5.74) is 0.525. The first-order valence-corrected chi connectivity index (χ1v) is 11.5. The quantitative estimate of drug-likeness (QED) is 0.314. The predicted octanol–water partition coefficient (Wildman–Crippen LogP) is 7.65. The molecular formula is C22H19Cl4F3O5. The normalized spacial score (nSPS) is 15.5.